The molecule has 1 saturated heterocycles. The van der Waals surface area contributed by atoms with Crippen molar-refractivity contribution >= 4 is 16.9 Å². The van der Waals surface area contributed by atoms with Crippen molar-refractivity contribution < 1.29 is 14.6 Å². The van der Waals surface area contributed by atoms with Gasteiger partial charge in [0, 0.05) is 47.0 Å². The first-order valence-electron chi connectivity index (χ1n) is 14.3. The molecule has 1 N–H and O–H groups in total. The van der Waals surface area contributed by atoms with Crippen LogP contribution in [0.1, 0.15) is 77.5 Å². The number of hydrogen-bond acceptors (Lipinski definition) is 4. The fraction of sp³-hybridized carbons (Fsp3) is 0.394. The molecule has 0 unspecified atom stereocenters. The molecule has 1 aliphatic carbocycles. The maximum atomic E-state index is 12.0. The van der Waals surface area contributed by atoms with E-state index in [0.717, 1.165) is 36.3 Å². The Morgan fingerprint density at radius 1 is 1.08 bits per heavy atom. The van der Waals surface area contributed by atoms with E-state index in [2.05, 4.69) is 45.8 Å². The molecule has 3 aliphatic rings. The van der Waals surface area contributed by atoms with E-state index in [9.17, 15) is 9.90 Å². The number of aromatic carboxylic acids is 1. The summed E-state index contributed by atoms with van der Waals surface area (Å²) in [4.78, 5) is 18.7. The van der Waals surface area contributed by atoms with Crippen LogP contribution < -0.4 is 4.74 Å². The maximum Gasteiger partial charge on any atom is 0.335 e. The average Bonchev–Trinajstić information content (AvgIpc) is 3.45. The number of carboxylic acid groups (broad SMARTS) is 1. The largest absolute Gasteiger partial charge is 0.489 e. The van der Waals surface area contributed by atoms with Gasteiger partial charge in [0.1, 0.15) is 12.4 Å². The molecule has 200 valence electrons. The van der Waals surface area contributed by atoms with Gasteiger partial charge in [0.05, 0.1) is 11.3 Å². The number of hydrogen-bond donors (Lipinski definition) is 1. The van der Waals surface area contributed by atoms with E-state index in [-0.39, 0.29) is 0 Å². The van der Waals surface area contributed by atoms with E-state index in [4.69, 9.17) is 4.74 Å². The number of likely N-dealkylation sites (tertiary alicyclic amines) is 1. The second kappa shape index (κ2) is 9.83. The zero-order valence-electron chi connectivity index (χ0n) is 22.5. The molecule has 4 heterocycles. The quantitative estimate of drug-likeness (QED) is 0.305. The van der Waals surface area contributed by atoms with Crippen LogP contribution in [-0.2, 0) is 13.2 Å². The van der Waals surface area contributed by atoms with Crippen LogP contribution in [0.5, 0.6) is 5.75 Å². The predicted molar refractivity (Wildman–Crippen MR) is 152 cm³/mol. The van der Waals surface area contributed by atoms with Crippen molar-refractivity contribution in [3.8, 4) is 17.0 Å². The lowest BCUT2D eigenvalue weighted by Gasteiger charge is -2.26. The molecule has 2 atom stereocenters. The summed E-state index contributed by atoms with van der Waals surface area (Å²) in [7, 11) is 2.24. The van der Waals surface area contributed by atoms with Gasteiger partial charge in [-0.05, 0) is 92.2 Å². The van der Waals surface area contributed by atoms with Gasteiger partial charge in [-0.15, -0.1) is 0 Å². The number of pyridine rings is 1. The Kier molecular flexibility index (Phi) is 6.15. The molecular formula is C33H35N3O3. The van der Waals surface area contributed by atoms with E-state index in [1.165, 1.54) is 59.9 Å². The molecule has 2 fully saturated rings. The van der Waals surface area contributed by atoms with Crippen LogP contribution in [0.25, 0.3) is 22.2 Å². The van der Waals surface area contributed by atoms with Gasteiger partial charge in [-0.1, -0.05) is 31.4 Å². The summed E-state index contributed by atoms with van der Waals surface area (Å²) in [5, 5.41) is 11.1. The predicted octanol–water partition coefficient (Wildman–Crippen LogP) is 7.03. The number of fused-ring (bicyclic) bond motifs is 7. The number of benzene rings is 2. The highest BCUT2D eigenvalue weighted by molar-refractivity contribution is 5.98. The Balaban J connectivity index is 1.42. The Bertz CT molecular complexity index is 1540. The van der Waals surface area contributed by atoms with Crippen molar-refractivity contribution in [2.45, 2.75) is 63.6 Å². The smallest absolute Gasteiger partial charge is 0.335 e. The van der Waals surface area contributed by atoms with E-state index in [1.807, 2.05) is 24.4 Å². The van der Waals surface area contributed by atoms with E-state index in [1.54, 1.807) is 12.3 Å². The topological polar surface area (TPSA) is 67.6 Å². The second-order valence-corrected chi connectivity index (χ2v) is 11.6. The molecule has 0 spiro atoms. The molecule has 2 aromatic carbocycles. The van der Waals surface area contributed by atoms with Crippen molar-refractivity contribution in [3.63, 3.8) is 0 Å². The first-order valence-corrected chi connectivity index (χ1v) is 14.3. The lowest BCUT2D eigenvalue weighted by molar-refractivity contribution is 0.0697. The molecule has 2 aromatic heterocycles. The normalized spacial score (nSPS) is 21.3. The first kappa shape index (κ1) is 24.4. The highest BCUT2D eigenvalue weighted by atomic mass is 16.5. The highest BCUT2D eigenvalue weighted by Gasteiger charge is 2.40. The van der Waals surface area contributed by atoms with Crippen molar-refractivity contribution in [2.24, 2.45) is 5.92 Å². The fourth-order valence-corrected chi connectivity index (χ4v) is 7.48. The van der Waals surface area contributed by atoms with Gasteiger partial charge in [0.25, 0.3) is 0 Å². The van der Waals surface area contributed by atoms with E-state index in [0.29, 0.717) is 30.0 Å². The third-order valence-electron chi connectivity index (χ3n) is 9.28. The van der Waals surface area contributed by atoms with Crippen LogP contribution in [0.2, 0.25) is 0 Å². The maximum absolute atomic E-state index is 12.0. The summed E-state index contributed by atoms with van der Waals surface area (Å²) in [6.45, 7) is 2.44. The number of rotatable bonds is 5. The number of carbonyl (C=O) groups is 1. The van der Waals surface area contributed by atoms with E-state index >= 15 is 0 Å². The van der Waals surface area contributed by atoms with Gasteiger partial charge in [-0.3, -0.25) is 9.88 Å². The number of nitrogens with zero attached hydrogens (tertiary/aromatic N) is 3. The Labute approximate surface area is 229 Å². The fourth-order valence-electron chi connectivity index (χ4n) is 7.48. The van der Waals surface area contributed by atoms with Gasteiger partial charge in [-0.2, -0.15) is 0 Å². The zero-order chi connectivity index (χ0) is 26.5. The molecule has 6 nitrogen and oxygen atoms in total. The zero-order valence-corrected chi connectivity index (χ0v) is 22.5. The minimum absolute atomic E-state index is 0.304. The Morgan fingerprint density at radius 2 is 1.95 bits per heavy atom. The molecule has 0 bridgehead atoms. The minimum Gasteiger partial charge on any atom is -0.489 e. The molecule has 4 aromatic rings. The van der Waals surface area contributed by atoms with Crippen LogP contribution >= 0.6 is 0 Å². The van der Waals surface area contributed by atoms with Crippen molar-refractivity contribution in [2.75, 3.05) is 13.6 Å². The van der Waals surface area contributed by atoms with Crippen LogP contribution in [-0.4, -0.2) is 39.1 Å². The van der Waals surface area contributed by atoms with Gasteiger partial charge in [-0.25, -0.2) is 4.79 Å². The number of carboxylic acids is 1. The summed E-state index contributed by atoms with van der Waals surface area (Å²) in [5.41, 5.74) is 7.83. The SMILES string of the molecule is CN1CC[C@H]2Cn3c(c(C4CCCCC4)c4ccc(C(=O)O)cc43)-c3ccc(OCc4cccnc4)cc3[C@H]21. The molecule has 0 amide bonds. The lowest BCUT2D eigenvalue weighted by Crippen LogP contribution is -2.22. The molecule has 2 aliphatic heterocycles. The number of ether oxygens (including phenoxy) is 1. The van der Waals surface area contributed by atoms with Gasteiger partial charge in [0.15, 0.2) is 0 Å². The highest BCUT2D eigenvalue weighted by Crippen LogP contribution is 2.51. The molecule has 1 saturated carbocycles. The molecule has 39 heavy (non-hydrogen) atoms. The summed E-state index contributed by atoms with van der Waals surface area (Å²) in [6, 6.07) is 16.7. The van der Waals surface area contributed by atoms with Crippen LogP contribution in [0, 0.1) is 5.92 Å². The van der Waals surface area contributed by atoms with Crippen molar-refractivity contribution in [1.82, 2.24) is 14.5 Å². The summed E-state index contributed by atoms with van der Waals surface area (Å²) < 4.78 is 8.76. The molecule has 6 heteroatoms. The molecule has 7 rings (SSSR count). The molecular weight excluding hydrogens is 486 g/mol. The Hall–Kier alpha value is -3.64. The van der Waals surface area contributed by atoms with Gasteiger partial charge in [0.2, 0.25) is 0 Å². The standard InChI is InChI=1S/C33H35N3O3/c1-35-15-13-24-19-36-29-16-23(33(37)38)9-11-27(29)30(22-7-3-2-4-8-22)32(36)26-12-10-25(17-28(26)31(24)35)39-20-21-6-5-14-34-18-21/h5-6,9-12,14,16-18,22,24,31H,2-4,7-8,13,15,19-20H2,1H3,(H,37,38)/t24-,31-/m0/s1. The monoisotopic (exact) mass is 521 g/mol. The van der Waals surface area contributed by atoms with Gasteiger partial charge >= 0.3 is 5.97 Å². The van der Waals surface area contributed by atoms with Crippen molar-refractivity contribution in [3.05, 3.63) is 83.2 Å². The van der Waals surface area contributed by atoms with Crippen LogP contribution in [0.15, 0.2) is 60.9 Å². The molecule has 0 radical (unpaired) electrons. The summed E-state index contributed by atoms with van der Waals surface area (Å²) >= 11 is 0. The average molecular weight is 522 g/mol. The van der Waals surface area contributed by atoms with Crippen LogP contribution in [0.4, 0.5) is 0 Å². The third-order valence-corrected chi connectivity index (χ3v) is 9.28. The summed E-state index contributed by atoms with van der Waals surface area (Å²) in [6.07, 6.45) is 11.0. The van der Waals surface area contributed by atoms with Gasteiger partial charge < -0.3 is 14.4 Å². The lowest BCUT2D eigenvalue weighted by atomic mass is 9.81. The van der Waals surface area contributed by atoms with E-state index < -0.39 is 5.97 Å². The van der Waals surface area contributed by atoms with Crippen LogP contribution in [0.3, 0.4) is 0 Å². The van der Waals surface area contributed by atoms with Crippen molar-refractivity contribution in [1.29, 1.82) is 0 Å². The minimum atomic E-state index is -0.866. The number of aromatic nitrogens is 2. The Morgan fingerprint density at radius 3 is 2.74 bits per heavy atom. The first-order chi connectivity index (χ1) is 19.1. The third kappa shape index (κ3) is 4.22. The second-order valence-electron chi connectivity index (χ2n) is 11.6. The summed E-state index contributed by atoms with van der Waals surface area (Å²) in [5.74, 6) is 0.966.